The number of carbonyl (C=O) groups excluding carboxylic acids is 2. The smallest absolute Gasteiger partial charge is 0.249 e. The number of piperidine rings is 3. The van der Waals surface area contributed by atoms with Crippen molar-refractivity contribution in [3.63, 3.8) is 0 Å². The van der Waals surface area contributed by atoms with E-state index >= 15 is 0 Å². The third-order valence-electron chi connectivity index (χ3n) is 12.4. The molecule has 15 heteroatoms. The van der Waals surface area contributed by atoms with E-state index in [2.05, 4.69) is 84.2 Å². The standard InChI is InChI=1S/C42H54N12O3/c1-28(2)54-36-23-38(45-37-8-13-43-42(46-37)52-16-11-33(57-3)12-17-52)44-24-34(36)40(48-54)51-20-18-50(19-21-51)32-9-14-49(15-10-32)25-29-4-5-30-26-53(27-31(30)22-29)35-6-7-39(55)47-41(35)56/h4-5,8,13,22-24,26-28,32-33,35H,6-7,9-12,14-21,25H2,1-3H3,(H,47,55,56)(H,43,44,45,46). The minimum Gasteiger partial charge on any atom is -0.381 e. The first-order valence-electron chi connectivity index (χ1n) is 20.7. The zero-order chi connectivity index (χ0) is 39.0. The number of imide groups is 1. The van der Waals surface area contributed by atoms with Crippen LogP contribution in [0, 0.1) is 0 Å². The number of carbonyl (C=O) groups is 2. The largest absolute Gasteiger partial charge is 0.381 e. The van der Waals surface area contributed by atoms with Gasteiger partial charge >= 0.3 is 0 Å². The molecule has 2 amide bonds. The highest BCUT2D eigenvalue weighted by atomic mass is 16.5. The first-order chi connectivity index (χ1) is 27.8. The van der Waals surface area contributed by atoms with E-state index in [0.717, 1.165) is 117 Å². The van der Waals surface area contributed by atoms with E-state index in [4.69, 9.17) is 19.8 Å². The number of aromatic nitrogens is 6. The van der Waals surface area contributed by atoms with Crippen LogP contribution in [0.1, 0.15) is 70.0 Å². The molecular formula is C42H54N12O3. The van der Waals surface area contributed by atoms with E-state index in [-0.39, 0.29) is 23.9 Å². The van der Waals surface area contributed by atoms with Crippen LogP contribution in [0.2, 0.25) is 0 Å². The summed E-state index contributed by atoms with van der Waals surface area (Å²) in [7, 11) is 1.78. The van der Waals surface area contributed by atoms with E-state index in [0.29, 0.717) is 25.0 Å². The fourth-order valence-corrected chi connectivity index (χ4v) is 9.16. The number of piperazine rings is 1. The Morgan fingerprint density at radius 1 is 0.860 bits per heavy atom. The summed E-state index contributed by atoms with van der Waals surface area (Å²) in [6.45, 7) is 13.1. The van der Waals surface area contributed by atoms with Gasteiger partial charge in [0.05, 0.1) is 17.0 Å². The predicted octanol–water partition coefficient (Wildman–Crippen LogP) is 4.88. The molecule has 4 aliphatic heterocycles. The summed E-state index contributed by atoms with van der Waals surface area (Å²) < 4.78 is 9.63. The van der Waals surface area contributed by atoms with Gasteiger partial charge in [0.1, 0.15) is 17.7 Å². The number of ether oxygens (including phenoxy) is 1. The van der Waals surface area contributed by atoms with Gasteiger partial charge in [0.15, 0.2) is 5.82 Å². The highest BCUT2D eigenvalue weighted by Gasteiger charge is 2.31. The number of fused-ring (bicyclic) bond motifs is 2. The molecule has 4 aliphatic rings. The third-order valence-corrected chi connectivity index (χ3v) is 12.4. The maximum atomic E-state index is 12.4. The average molecular weight is 775 g/mol. The molecule has 300 valence electrons. The van der Waals surface area contributed by atoms with Gasteiger partial charge in [-0.2, -0.15) is 10.1 Å². The van der Waals surface area contributed by atoms with Crippen LogP contribution in [0.15, 0.2) is 55.1 Å². The lowest BCUT2D eigenvalue weighted by Crippen LogP contribution is -2.53. The number of likely N-dealkylation sites (tertiary alicyclic amines) is 1. The Bertz CT molecular complexity index is 2230. The quantitative estimate of drug-likeness (QED) is 0.187. The minimum atomic E-state index is -0.329. The van der Waals surface area contributed by atoms with Crippen molar-refractivity contribution in [2.75, 3.05) is 74.6 Å². The number of hydrogen-bond acceptors (Lipinski definition) is 12. The highest BCUT2D eigenvalue weighted by molar-refractivity contribution is 5.99. The number of pyridine rings is 1. The van der Waals surface area contributed by atoms with E-state index in [9.17, 15) is 9.59 Å². The number of methoxy groups -OCH3 is 1. The fraction of sp³-hybridized carbons (Fsp3) is 0.524. The Kier molecular flexibility index (Phi) is 10.5. The maximum absolute atomic E-state index is 12.4. The number of nitrogens with one attached hydrogen (secondary N) is 2. The van der Waals surface area contributed by atoms with Gasteiger partial charge in [-0.25, -0.2) is 9.97 Å². The molecule has 8 heterocycles. The number of nitrogens with zero attached hydrogens (tertiary/aromatic N) is 10. The van der Waals surface area contributed by atoms with E-state index < -0.39 is 0 Å². The van der Waals surface area contributed by atoms with Gasteiger partial charge in [-0.3, -0.25) is 29.4 Å². The second-order valence-electron chi connectivity index (χ2n) is 16.4. The Morgan fingerprint density at radius 2 is 1.65 bits per heavy atom. The van der Waals surface area contributed by atoms with Crippen LogP contribution in [0.25, 0.3) is 21.7 Å². The van der Waals surface area contributed by atoms with E-state index in [1.54, 1.807) is 13.3 Å². The molecule has 0 spiro atoms. The van der Waals surface area contributed by atoms with Crippen molar-refractivity contribution in [1.29, 1.82) is 0 Å². The van der Waals surface area contributed by atoms with Crippen LogP contribution < -0.4 is 20.4 Å². The van der Waals surface area contributed by atoms with Gasteiger partial charge in [-0.1, -0.05) is 12.1 Å². The summed E-state index contributed by atoms with van der Waals surface area (Å²) in [4.78, 5) is 48.2. The maximum Gasteiger partial charge on any atom is 0.249 e. The third kappa shape index (κ3) is 7.92. The van der Waals surface area contributed by atoms with Crippen LogP contribution in [0.4, 0.5) is 23.4 Å². The summed E-state index contributed by atoms with van der Waals surface area (Å²) in [5.41, 5.74) is 2.35. The lowest BCUT2D eigenvalue weighted by Gasteiger charge is -2.43. The number of anilines is 4. The summed E-state index contributed by atoms with van der Waals surface area (Å²) in [5, 5.41) is 14.4. The Labute approximate surface area is 333 Å². The average Bonchev–Trinajstić information content (AvgIpc) is 3.83. The fourth-order valence-electron chi connectivity index (χ4n) is 9.16. The number of hydrogen-bond donors (Lipinski definition) is 2. The van der Waals surface area contributed by atoms with Crippen molar-refractivity contribution in [3.05, 3.63) is 60.7 Å². The molecule has 0 saturated carbocycles. The molecule has 4 saturated heterocycles. The van der Waals surface area contributed by atoms with E-state index in [1.165, 1.54) is 18.4 Å². The van der Waals surface area contributed by atoms with E-state index in [1.807, 2.05) is 23.0 Å². The molecule has 57 heavy (non-hydrogen) atoms. The topological polar surface area (TPSA) is 142 Å². The molecule has 2 N–H and O–H groups in total. The highest BCUT2D eigenvalue weighted by Crippen LogP contribution is 2.32. The molecule has 1 unspecified atom stereocenters. The Morgan fingerprint density at radius 3 is 2.40 bits per heavy atom. The SMILES string of the molecule is COC1CCN(c2nccc(Nc3cc4c(cn3)c(N3CCN(C5CCN(Cc6ccc7cn(C8CCC(=O)NC8=O)cc7c6)CC5)CC3)nn4C(C)C)n2)CC1. The van der Waals surface area contributed by atoms with Crippen molar-refractivity contribution in [1.82, 2.24) is 44.4 Å². The van der Waals surface area contributed by atoms with Crippen molar-refractivity contribution >= 4 is 56.9 Å². The molecule has 4 aromatic heterocycles. The lowest BCUT2D eigenvalue weighted by atomic mass is 10.0. The van der Waals surface area contributed by atoms with Crippen LogP contribution in [-0.4, -0.2) is 123 Å². The van der Waals surface area contributed by atoms with Gasteiger partial charge in [0.2, 0.25) is 17.8 Å². The van der Waals surface area contributed by atoms with Crippen molar-refractivity contribution in [3.8, 4) is 0 Å². The Balaban J connectivity index is 0.794. The minimum absolute atomic E-state index is 0.185. The molecular weight excluding hydrogens is 721 g/mol. The van der Waals surface area contributed by atoms with Crippen molar-refractivity contribution in [2.24, 2.45) is 0 Å². The molecule has 0 radical (unpaired) electrons. The normalized spacial score (nSPS) is 20.9. The zero-order valence-corrected chi connectivity index (χ0v) is 33.3. The monoisotopic (exact) mass is 774 g/mol. The van der Waals surface area contributed by atoms with Crippen molar-refractivity contribution < 1.29 is 14.3 Å². The molecule has 15 nitrogen and oxygen atoms in total. The molecule has 4 fully saturated rings. The van der Waals surface area contributed by atoms with Gasteiger partial charge in [0, 0.05) is 102 Å². The first-order valence-corrected chi connectivity index (χ1v) is 20.7. The summed E-state index contributed by atoms with van der Waals surface area (Å²) in [6.07, 6.45) is 13.3. The first kappa shape index (κ1) is 37.5. The lowest BCUT2D eigenvalue weighted by molar-refractivity contribution is -0.135. The van der Waals surface area contributed by atoms with Crippen molar-refractivity contribution in [2.45, 2.75) is 83.1 Å². The summed E-state index contributed by atoms with van der Waals surface area (Å²) in [6, 6.07) is 11.1. The van der Waals surface area contributed by atoms with Gasteiger partial charge in [-0.15, -0.1) is 0 Å². The van der Waals surface area contributed by atoms with Crippen LogP contribution in [0.5, 0.6) is 0 Å². The van der Waals surface area contributed by atoms with Crippen LogP contribution >= 0.6 is 0 Å². The van der Waals surface area contributed by atoms with Crippen LogP contribution in [0.3, 0.4) is 0 Å². The number of rotatable bonds is 10. The molecule has 1 atom stereocenters. The molecule has 9 rings (SSSR count). The molecule has 1 aromatic carbocycles. The molecule has 5 aromatic rings. The van der Waals surface area contributed by atoms with Gasteiger partial charge in [0.25, 0.3) is 0 Å². The van der Waals surface area contributed by atoms with Crippen LogP contribution in [-0.2, 0) is 20.9 Å². The summed E-state index contributed by atoms with van der Waals surface area (Å²) in [5.74, 6) is 2.80. The molecule has 0 bridgehead atoms. The zero-order valence-electron chi connectivity index (χ0n) is 33.3. The Hall–Kier alpha value is -5.12. The molecule has 0 aliphatic carbocycles. The van der Waals surface area contributed by atoms with Gasteiger partial charge in [-0.05, 0) is 87.5 Å². The van der Waals surface area contributed by atoms with Gasteiger partial charge < -0.3 is 24.4 Å². The predicted molar refractivity (Wildman–Crippen MR) is 221 cm³/mol. The number of benzene rings is 1. The summed E-state index contributed by atoms with van der Waals surface area (Å²) >= 11 is 0. The second kappa shape index (κ2) is 16.0. The second-order valence-corrected chi connectivity index (χ2v) is 16.4. The number of amides is 2.